The van der Waals surface area contributed by atoms with Crippen LogP contribution in [0.5, 0.6) is 0 Å². The Morgan fingerprint density at radius 3 is 2.76 bits per heavy atom. The smallest absolute Gasteiger partial charge is 0.292 e. The minimum absolute atomic E-state index is 0.284. The number of pyridine rings is 1. The van der Waals surface area contributed by atoms with E-state index in [1.165, 1.54) is 0 Å². The summed E-state index contributed by atoms with van der Waals surface area (Å²) in [5.74, 6) is 1.23. The van der Waals surface area contributed by atoms with Crippen molar-refractivity contribution in [2.24, 2.45) is 0 Å². The molecular weight excluding hydrogens is 284 g/mol. The third-order valence-corrected chi connectivity index (χ3v) is 2.67. The summed E-state index contributed by atoms with van der Waals surface area (Å²) in [4.78, 5) is 15.9. The minimum atomic E-state index is -0.295. The van der Waals surface area contributed by atoms with Crippen molar-refractivity contribution in [3.63, 3.8) is 0 Å². The molecule has 1 N–H and O–H groups in total. The van der Waals surface area contributed by atoms with E-state index < -0.39 is 0 Å². The van der Waals surface area contributed by atoms with Crippen LogP contribution in [-0.2, 0) is 0 Å². The van der Waals surface area contributed by atoms with Crippen LogP contribution in [0.3, 0.4) is 0 Å². The van der Waals surface area contributed by atoms with Crippen molar-refractivity contribution in [1.82, 2.24) is 4.98 Å². The average Bonchev–Trinajstić information content (AvgIpc) is 2.69. The van der Waals surface area contributed by atoms with E-state index in [9.17, 15) is 4.79 Å². The van der Waals surface area contributed by atoms with Gasteiger partial charge in [-0.3, -0.25) is 4.79 Å². The SMILES string of the molecule is Cc1ccc(C(=O)Nc2ncc(Br)cc2C)o1. The molecule has 0 bridgehead atoms. The van der Waals surface area contributed by atoms with Crippen molar-refractivity contribution in [3.05, 3.63) is 46.0 Å². The molecule has 2 aromatic heterocycles. The van der Waals surface area contributed by atoms with Gasteiger partial charge in [0.25, 0.3) is 5.91 Å². The van der Waals surface area contributed by atoms with E-state index in [-0.39, 0.29) is 11.7 Å². The van der Waals surface area contributed by atoms with E-state index >= 15 is 0 Å². The van der Waals surface area contributed by atoms with Gasteiger partial charge in [0, 0.05) is 10.7 Å². The molecule has 0 aliphatic heterocycles. The van der Waals surface area contributed by atoms with Crippen LogP contribution in [0.25, 0.3) is 0 Å². The molecule has 0 aliphatic rings. The van der Waals surface area contributed by atoms with Gasteiger partial charge >= 0.3 is 0 Å². The van der Waals surface area contributed by atoms with Gasteiger partial charge in [-0.15, -0.1) is 0 Å². The van der Waals surface area contributed by atoms with E-state index in [2.05, 4.69) is 26.2 Å². The second kappa shape index (κ2) is 4.71. The van der Waals surface area contributed by atoms with Gasteiger partial charge < -0.3 is 9.73 Å². The van der Waals surface area contributed by atoms with Gasteiger partial charge in [0.15, 0.2) is 5.76 Å². The first kappa shape index (κ1) is 11.9. The van der Waals surface area contributed by atoms with Crippen molar-refractivity contribution in [1.29, 1.82) is 0 Å². The van der Waals surface area contributed by atoms with E-state index in [4.69, 9.17) is 4.42 Å². The number of hydrogen-bond donors (Lipinski definition) is 1. The molecule has 1 amide bonds. The zero-order valence-electron chi connectivity index (χ0n) is 9.45. The number of nitrogens with zero attached hydrogens (tertiary/aromatic N) is 1. The molecule has 0 unspecified atom stereocenters. The summed E-state index contributed by atoms with van der Waals surface area (Å²) < 4.78 is 6.11. The maximum Gasteiger partial charge on any atom is 0.292 e. The standard InChI is InChI=1S/C12H11BrN2O2/c1-7-5-9(13)6-14-11(7)15-12(16)10-4-3-8(2)17-10/h3-6H,1-2H3,(H,14,15,16). The van der Waals surface area contributed by atoms with Crippen molar-refractivity contribution < 1.29 is 9.21 Å². The minimum Gasteiger partial charge on any atom is -0.456 e. The van der Waals surface area contributed by atoms with E-state index in [0.29, 0.717) is 11.6 Å². The molecule has 0 spiro atoms. The van der Waals surface area contributed by atoms with Gasteiger partial charge in [0.1, 0.15) is 11.6 Å². The highest BCUT2D eigenvalue weighted by Gasteiger charge is 2.12. The lowest BCUT2D eigenvalue weighted by atomic mass is 10.3. The second-order valence-corrected chi connectivity index (χ2v) is 4.60. The first-order chi connectivity index (χ1) is 8.06. The number of nitrogens with one attached hydrogen (secondary N) is 1. The van der Waals surface area contributed by atoms with Crippen molar-refractivity contribution in [2.45, 2.75) is 13.8 Å². The van der Waals surface area contributed by atoms with Gasteiger partial charge in [-0.2, -0.15) is 0 Å². The highest BCUT2D eigenvalue weighted by molar-refractivity contribution is 9.10. The van der Waals surface area contributed by atoms with Gasteiger partial charge in [-0.25, -0.2) is 4.98 Å². The largest absolute Gasteiger partial charge is 0.456 e. The molecule has 4 nitrogen and oxygen atoms in total. The van der Waals surface area contributed by atoms with Crippen LogP contribution >= 0.6 is 15.9 Å². The first-order valence-electron chi connectivity index (χ1n) is 5.06. The lowest BCUT2D eigenvalue weighted by Crippen LogP contribution is -2.13. The maximum absolute atomic E-state index is 11.8. The first-order valence-corrected chi connectivity index (χ1v) is 5.85. The van der Waals surface area contributed by atoms with Crippen molar-refractivity contribution >= 4 is 27.7 Å². The summed E-state index contributed by atoms with van der Waals surface area (Å²) in [5.41, 5.74) is 0.885. The number of anilines is 1. The monoisotopic (exact) mass is 294 g/mol. The molecule has 5 heteroatoms. The van der Waals surface area contributed by atoms with Crippen LogP contribution < -0.4 is 5.32 Å². The zero-order valence-corrected chi connectivity index (χ0v) is 11.0. The molecule has 2 rings (SSSR count). The Hall–Kier alpha value is -1.62. The maximum atomic E-state index is 11.8. The zero-order chi connectivity index (χ0) is 12.4. The number of hydrogen-bond acceptors (Lipinski definition) is 3. The molecule has 0 aliphatic carbocycles. The van der Waals surface area contributed by atoms with Crippen molar-refractivity contribution in [2.75, 3.05) is 5.32 Å². The molecule has 0 saturated heterocycles. The van der Waals surface area contributed by atoms with Crippen LogP contribution in [0.2, 0.25) is 0 Å². The molecular formula is C12H11BrN2O2. The summed E-state index contributed by atoms with van der Waals surface area (Å²) in [6.45, 7) is 3.67. The molecule has 17 heavy (non-hydrogen) atoms. The normalized spacial score (nSPS) is 10.3. The molecule has 88 valence electrons. The summed E-state index contributed by atoms with van der Waals surface area (Å²) in [6, 6.07) is 5.27. The Kier molecular flexibility index (Phi) is 3.28. The van der Waals surface area contributed by atoms with Crippen molar-refractivity contribution in [3.8, 4) is 0 Å². The Morgan fingerprint density at radius 1 is 1.41 bits per heavy atom. The number of halogens is 1. The molecule has 0 atom stereocenters. The van der Waals surface area contributed by atoms with Gasteiger partial charge in [-0.1, -0.05) is 0 Å². The highest BCUT2D eigenvalue weighted by atomic mass is 79.9. The lowest BCUT2D eigenvalue weighted by Gasteiger charge is -2.05. The van der Waals surface area contributed by atoms with E-state index in [1.54, 1.807) is 25.3 Å². The Morgan fingerprint density at radius 2 is 2.18 bits per heavy atom. The molecule has 0 saturated carbocycles. The predicted molar refractivity (Wildman–Crippen MR) is 68.1 cm³/mol. The topological polar surface area (TPSA) is 55.1 Å². The molecule has 0 radical (unpaired) electrons. The third kappa shape index (κ3) is 2.74. The summed E-state index contributed by atoms with van der Waals surface area (Å²) in [5, 5.41) is 2.70. The number of aryl methyl sites for hydroxylation is 2. The summed E-state index contributed by atoms with van der Waals surface area (Å²) in [7, 11) is 0. The predicted octanol–water partition coefficient (Wildman–Crippen LogP) is 3.31. The highest BCUT2D eigenvalue weighted by Crippen LogP contribution is 2.17. The fourth-order valence-corrected chi connectivity index (χ4v) is 1.84. The average molecular weight is 295 g/mol. The quantitative estimate of drug-likeness (QED) is 0.924. The van der Waals surface area contributed by atoms with Gasteiger partial charge in [0.05, 0.1) is 0 Å². The molecule has 2 aromatic rings. The summed E-state index contributed by atoms with van der Waals surface area (Å²) >= 11 is 3.32. The third-order valence-electron chi connectivity index (χ3n) is 2.24. The Balaban J connectivity index is 2.18. The van der Waals surface area contributed by atoms with Gasteiger partial charge in [-0.05, 0) is 53.5 Å². The summed E-state index contributed by atoms with van der Waals surface area (Å²) in [6.07, 6.45) is 1.63. The van der Waals surface area contributed by atoms with Gasteiger partial charge in [0.2, 0.25) is 0 Å². The Bertz CT molecular complexity index is 563. The fourth-order valence-electron chi connectivity index (χ4n) is 1.40. The fraction of sp³-hybridized carbons (Fsp3) is 0.167. The number of rotatable bonds is 2. The van der Waals surface area contributed by atoms with Crippen LogP contribution in [-0.4, -0.2) is 10.9 Å². The number of carbonyl (C=O) groups is 1. The van der Waals surface area contributed by atoms with Crippen LogP contribution in [0.15, 0.2) is 33.3 Å². The van der Waals surface area contributed by atoms with E-state index in [1.807, 2.05) is 13.0 Å². The number of carbonyl (C=O) groups excluding carboxylic acids is 1. The van der Waals surface area contributed by atoms with Crippen LogP contribution in [0, 0.1) is 13.8 Å². The number of furan rings is 1. The number of amides is 1. The van der Waals surface area contributed by atoms with Crippen LogP contribution in [0.4, 0.5) is 5.82 Å². The second-order valence-electron chi connectivity index (χ2n) is 3.68. The number of aromatic nitrogens is 1. The molecule has 0 aromatic carbocycles. The van der Waals surface area contributed by atoms with E-state index in [0.717, 1.165) is 10.0 Å². The van der Waals surface area contributed by atoms with Crippen LogP contribution in [0.1, 0.15) is 21.9 Å². The lowest BCUT2D eigenvalue weighted by molar-refractivity contribution is 0.0995. The molecule has 2 heterocycles. The Labute approximate surface area is 107 Å². The molecule has 0 fully saturated rings.